The quantitative estimate of drug-likeness (QED) is 0.856. The van der Waals surface area contributed by atoms with Gasteiger partial charge in [0.2, 0.25) is 0 Å². The van der Waals surface area contributed by atoms with E-state index in [1.54, 1.807) is 5.51 Å². The van der Waals surface area contributed by atoms with Crippen LogP contribution < -0.4 is 0 Å². The molecule has 126 valence electrons. The molecule has 5 rings (SSSR count). The first-order chi connectivity index (χ1) is 11.8. The summed E-state index contributed by atoms with van der Waals surface area (Å²) >= 11 is 1.48. The van der Waals surface area contributed by atoms with E-state index in [1.165, 1.54) is 43.4 Å². The number of carbonyl (C=O) groups excluding carboxylic acids is 1. The van der Waals surface area contributed by atoms with Crippen molar-refractivity contribution in [1.82, 2.24) is 24.6 Å². The first-order valence-corrected chi connectivity index (χ1v) is 9.75. The summed E-state index contributed by atoms with van der Waals surface area (Å²) in [5.41, 5.74) is 2.51. The van der Waals surface area contributed by atoms with Crippen LogP contribution in [0.2, 0.25) is 0 Å². The standard InChI is InChI=1S/C17H21N5OS/c23-16(14-8-24-11-18-14)21-7-13(17(9-21)4-1-5-17)15-20-19-10-22(15)6-12-2-3-12/h8,10-13H,1-7,9H2. The molecule has 3 heterocycles. The number of nitrogens with zero attached hydrogens (tertiary/aromatic N) is 5. The van der Waals surface area contributed by atoms with Crippen molar-refractivity contribution in [2.45, 2.75) is 44.6 Å². The fourth-order valence-corrected chi connectivity index (χ4v) is 4.88. The van der Waals surface area contributed by atoms with Crippen molar-refractivity contribution < 1.29 is 4.79 Å². The first-order valence-electron chi connectivity index (χ1n) is 8.80. The van der Waals surface area contributed by atoms with Crippen molar-refractivity contribution >= 4 is 17.2 Å². The second-order valence-electron chi connectivity index (χ2n) is 7.61. The molecule has 0 N–H and O–H groups in total. The second-order valence-corrected chi connectivity index (χ2v) is 8.33. The monoisotopic (exact) mass is 343 g/mol. The number of rotatable bonds is 4. The lowest BCUT2D eigenvalue weighted by Gasteiger charge is -2.42. The summed E-state index contributed by atoms with van der Waals surface area (Å²) in [5, 5.41) is 10.5. The molecule has 7 heteroatoms. The molecule has 1 aliphatic heterocycles. The zero-order valence-electron chi connectivity index (χ0n) is 13.6. The minimum atomic E-state index is 0.0679. The Morgan fingerprint density at radius 2 is 2.25 bits per heavy atom. The lowest BCUT2D eigenvalue weighted by molar-refractivity contribution is 0.0718. The number of likely N-dealkylation sites (tertiary alicyclic amines) is 1. The maximum Gasteiger partial charge on any atom is 0.273 e. The summed E-state index contributed by atoms with van der Waals surface area (Å²) in [6, 6.07) is 0. The molecule has 1 saturated heterocycles. The van der Waals surface area contributed by atoms with Crippen molar-refractivity contribution in [3.05, 3.63) is 28.7 Å². The zero-order chi connectivity index (χ0) is 16.1. The van der Waals surface area contributed by atoms with E-state index in [2.05, 4.69) is 19.7 Å². The van der Waals surface area contributed by atoms with E-state index in [-0.39, 0.29) is 11.3 Å². The van der Waals surface area contributed by atoms with Crippen LogP contribution in [0, 0.1) is 11.3 Å². The van der Waals surface area contributed by atoms with Gasteiger partial charge in [0, 0.05) is 30.9 Å². The Labute approximate surface area is 144 Å². The average molecular weight is 343 g/mol. The van der Waals surface area contributed by atoms with E-state index in [4.69, 9.17) is 0 Å². The van der Waals surface area contributed by atoms with Crippen LogP contribution in [0.3, 0.4) is 0 Å². The minimum absolute atomic E-state index is 0.0679. The highest BCUT2D eigenvalue weighted by Crippen LogP contribution is 2.55. The topological polar surface area (TPSA) is 63.9 Å². The van der Waals surface area contributed by atoms with E-state index in [0.717, 1.165) is 31.4 Å². The lowest BCUT2D eigenvalue weighted by atomic mass is 9.62. The molecule has 2 aromatic heterocycles. The smallest absolute Gasteiger partial charge is 0.273 e. The predicted octanol–water partition coefficient (Wildman–Crippen LogP) is 2.55. The molecule has 3 aliphatic rings. The molecule has 2 aromatic rings. The summed E-state index contributed by atoms with van der Waals surface area (Å²) in [6.07, 6.45) is 8.16. The van der Waals surface area contributed by atoms with E-state index >= 15 is 0 Å². The Morgan fingerprint density at radius 1 is 1.38 bits per heavy atom. The van der Waals surface area contributed by atoms with Gasteiger partial charge in [-0.05, 0) is 37.0 Å². The Kier molecular flexibility index (Phi) is 3.26. The molecule has 1 atom stereocenters. The van der Waals surface area contributed by atoms with Gasteiger partial charge in [0.05, 0.1) is 5.51 Å². The number of carbonyl (C=O) groups is 1. The van der Waals surface area contributed by atoms with Crippen LogP contribution in [0.4, 0.5) is 0 Å². The highest BCUT2D eigenvalue weighted by Gasteiger charge is 2.53. The van der Waals surface area contributed by atoms with Gasteiger partial charge in [0.1, 0.15) is 17.8 Å². The lowest BCUT2D eigenvalue weighted by Crippen LogP contribution is -2.38. The number of amides is 1. The SMILES string of the molecule is O=C(c1cscn1)N1CC(c2nncn2CC2CC2)C2(CCC2)C1. The van der Waals surface area contributed by atoms with Crippen molar-refractivity contribution in [2.24, 2.45) is 11.3 Å². The third-order valence-electron chi connectivity index (χ3n) is 6.04. The van der Waals surface area contributed by atoms with Gasteiger partial charge < -0.3 is 9.47 Å². The molecule has 1 spiro atoms. The van der Waals surface area contributed by atoms with Gasteiger partial charge in [-0.25, -0.2) is 4.98 Å². The minimum Gasteiger partial charge on any atom is -0.336 e. The summed E-state index contributed by atoms with van der Waals surface area (Å²) in [4.78, 5) is 18.9. The van der Waals surface area contributed by atoms with Crippen LogP contribution in [-0.4, -0.2) is 43.6 Å². The molecule has 1 unspecified atom stereocenters. The van der Waals surface area contributed by atoms with Gasteiger partial charge in [-0.15, -0.1) is 21.5 Å². The van der Waals surface area contributed by atoms with Crippen molar-refractivity contribution in [3.8, 4) is 0 Å². The summed E-state index contributed by atoms with van der Waals surface area (Å²) in [7, 11) is 0. The highest BCUT2D eigenvalue weighted by molar-refractivity contribution is 7.07. The van der Waals surface area contributed by atoms with E-state index in [1.807, 2.05) is 16.6 Å². The molecule has 0 aromatic carbocycles. The van der Waals surface area contributed by atoms with Gasteiger partial charge >= 0.3 is 0 Å². The Morgan fingerprint density at radius 3 is 2.92 bits per heavy atom. The maximum absolute atomic E-state index is 12.8. The Hall–Kier alpha value is -1.76. The summed E-state index contributed by atoms with van der Waals surface area (Å²) in [5.74, 6) is 2.27. The van der Waals surface area contributed by atoms with Crippen LogP contribution in [0.5, 0.6) is 0 Å². The van der Waals surface area contributed by atoms with Crippen LogP contribution in [0.25, 0.3) is 0 Å². The average Bonchev–Trinajstić information content (AvgIpc) is 3.00. The summed E-state index contributed by atoms with van der Waals surface area (Å²) < 4.78 is 2.25. The van der Waals surface area contributed by atoms with E-state index in [0.29, 0.717) is 11.6 Å². The second kappa shape index (κ2) is 5.37. The van der Waals surface area contributed by atoms with Gasteiger partial charge in [0.25, 0.3) is 5.91 Å². The van der Waals surface area contributed by atoms with Gasteiger partial charge in [-0.2, -0.15) is 0 Å². The third kappa shape index (κ3) is 2.29. The normalized spacial score (nSPS) is 25.2. The first kappa shape index (κ1) is 14.6. The molecule has 3 fully saturated rings. The molecule has 0 bridgehead atoms. The predicted molar refractivity (Wildman–Crippen MR) is 89.8 cm³/mol. The van der Waals surface area contributed by atoms with Crippen molar-refractivity contribution in [1.29, 1.82) is 0 Å². The molecular formula is C17H21N5OS. The van der Waals surface area contributed by atoms with Gasteiger partial charge in [0.15, 0.2) is 0 Å². The molecular weight excluding hydrogens is 322 g/mol. The van der Waals surface area contributed by atoms with Crippen molar-refractivity contribution in [2.75, 3.05) is 13.1 Å². The van der Waals surface area contributed by atoms with Crippen molar-refractivity contribution in [3.63, 3.8) is 0 Å². The summed E-state index contributed by atoms with van der Waals surface area (Å²) in [6.45, 7) is 2.62. The molecule has 2 aliphatic carbocycles. The highest BCUT2D eigenvalue weighted by atomic mass is 32.1. The maximum atomic E-state index is 12.8. The molecule has 2 saturated carbocycles. The number of hydrogen-bond donors (Lipinski definition) is 0. The van der Waals surface area contributed by atoms with E-state index < -0.39 is 0 Å². The molecule has 6 nitrogen and oxygen atoms in total. The largest absolute Gasteiger partial charge is 0.336 e. The molecule has 1 amide bonds. The fourth-order valence-electron chi connectivity index (χ4n) is 4.35. The van der Waals surface area contributed by atoms with Gasteiger partial charge in [-0.3, -0.25) is 4.79 Å². The number of hydrogen-bond acceptors (Lipinski definition) is 5. The number of aromatic nitrogens is 4. The van der Waals surface area contributed by atoms with Crippen LogP contribution in [0.1, 0.15) is 54.3 Å². The fraction of sp³-hybridized carbons (Fsp3) is 0.647. The third-order valence-corrected chi connectivity index (χ3v) is 6.63. The van der Waals surface area contributed by atoms with Crippen LogP contribution in [-0.2, 0) is 6.54 Å². The van der Waals surface area contributed by atoms with Crippen LogP contribution >= 0.6 is 11.3 Å². The van der Waals surface area contributed by atoms with Crippen LogP contribution in [0.15, 0.2) is 17.2 Å². The van der Waals surface area contributed by atoms with Gasteiger partial charge in [-0.1, -0.05) is 6.42 Å². The molecule has 24 heavy (non-hydrogen) atoms. The zero-order valence-corrected chi connectivity index (χ0v) is 14.4. The van der Waals surface area contributed by atoms with E-state index in [9.17, 15) is 4.79 Å². The Balaban J connectivity index is 1.43. The Bertz CT molecular complexity index is 747. The number of thiazole rings is 1. The molecule has 0 radical (unpaired) electrons.